The van der Waals surface area contributed by atoms with E-state index in [4.69, 9.17) is 39.8 Å². The second kappa shape index (κ2) is 34.3. The summed E-state index contributed by atoms with van der Waals surface area (Å²) in [6, 6.07) is 13.3. The Kier molecular flexibility index (Phi) is 23.6. The van der Waals surface area contributed by atoms with Gasteiger partial charge in [0.05, 0.1) is 61.4 Å². The molecule has 0 atom stereocenters. The minimum atomic E-state index is -0.417. The van der Waals surface area contributed by atoms with Crippen molar-refractivity contribution in [1.29, 1.82) is 0 Å². The van der Waals surface area contributed by atoms with Crippen LogP contribution in [0.4, 0.5) is 0 Å². The fourth-order valence-corrected chi connectivity index (χ4v) is 7.19. The van der Waals surface area contributed by atoms with Crippen molar-refractivity contribution in [3.63, 3.8) is 0 Å². The number of fused-ring (bicyclic) bond motifs is 9. The van der Waals surface area contributed by atoms with Crippen molar-refractivity contribution in [2.45, 2.75) is 7.43 Å². The van der Waals surface area contributed by atoms with Crippen molar-refractivity contribution < 1.29 is 39.8 Å². The molecule has 0 spiro atoms. The van der Waals surface area contributed by atoms with Gasteiger partial charge in [0.1, 0.15) is 24.4 Å². The zero-order valence-corrected chi connectivity index (χ0v) is 49.2. The van der Waals surface area contributed by atoms with Crippen LogP contribution in [0.25, 0.3) is 100 Å². The van der Waals surface area contributed by atoms with E-state index in [1.165, 1.54) is 143 Å². The normalized spacial score (nSPS) is 10.1. The van der Waals surface area contributed by atoms with Crippen molar-refractivity contribution in [3.8, 4) is 0 Å². The zero-order valence-electron chi connectivity index (χ0n) is 49.2. The first kappa shape index (κ1) is 68.7. The van der Waals surface area contributed by atoms with E-state index >= 15 is 0 Å². The van der Waals surface area contributed by atoms with Gasteiger partial charge in [0.2, 0.25) is 27.4 Å². The lowest BCUT2D eigenvalue weighted by Gasteiger charge is -1.89. The Bertz CT molecular complexity index is 5090. The smallest absolute Gasteiger partial charge is 0.303 e. The minimum Gasteiger partial charge on any atom is -0.462 e. The van der Waals surface area contributed by atoms with E-state index in [-0.39, 0.29) is 102 Å². The summed E-state index contributed by atoms with van der Waals surface area (Å²) in [5, 5.41) is 22.2. The number of nitrogens with zero attached hydrogens (tertiary/aromatic N) is 22. The topological polar surface area (TPSA) is 555 Å². The molecular formula is C60H36N22O18. The SMILES string of the molecule is C.O=c1ccoc2ccnnc12.O=c1ccoc2cncnc12.O=c1ccoc2nccnc12.O=c1ccoc2nncnc12.O=c1ncoc2cccnc12.O=c1ncoc2cnccc12.O=c1ncoc2cncnc12.O=c1ncoc2nccnc12.O=c1ncoc2nnccc12. The van der Waals surface area contributed by atoms with Crippen LogP contribution in [-0.2, 0) is 0 Å². The van der Waals surface area contributed by atoms with Crippen molar-refractivity contribution in [3.05, 3.63) is 291 Å². The summed E-state index contributed by atoms with van der Waals surface area (Å²) in [7, 11) is 0. The third-order valence-electron chi connectivity index (χ3n) is 11.5. The number of hydrogen-bond donors (Lipinski definition) is 0. The fraction of sp³-hybridized carbons (Fsp3) is 0.0167. The summed E-state index contributed by atoms with van der Waals surface area (Å²) >= 11 is 0. The highest BCUT2D eigenvalue weighted by atomic mass is 16.4. The van der Waals surface area contributed by atoms with E-state index < -0.39 is 11.1 Å². The summed E-state index contributed by atoms with van der Waals surface area (Å²) in [5.41, 5.74) is 2.28. The zero-order chi connectivity index (χ0) is 69.1. The van der Waals surface area contributed by atoms with Crippen LogP contribution in [0.2, 0.25) is 0 Å². The van der Waals surface area contributed by atoms with Gasteiger partial charge >= 0.3 is 16.7 Å². The van der Waals surface area contributed by atoms with Gasteiger partial charge in [-0.05, 0) is 24.3 Å². The third kappa shape index (κ3) is 18.1. The van der Waals surface area contributed by atoms with Gasteiger partial charge in [0.25, 0.3) is 28.3 Å². The molecule has 18 aromatic heterocycles. The quantitative estimate of drug-likeness (QED) is 0.210. The second-order valence-electron chi connectivity index (χ2n) is 17.6. The lowest BCUT2D eigenvalue weighted by molar-refractivity contribution is 0.558. The first-order valence-electron chi connectivity index (χ1n) is 27.0. The molecule has 18 heterocycles. The molecule has 18 aromatic rings. The van der Waals surface area contributed by atoms with Crippen LogP contribution in [-0.4, -0.2) is 110 Å². The Labute approximate surface area is 547 Å². The van der Waals surface area contributed by atoms with Gasteiger partial charge in [-0.15, -0.1) is 20.4 Å². The Hall–Kier alpha value is -15.7. The maximum absolute atomic E-state index is 11.0. The molecule has 0 aliphatic carbocycles. The molecule has 494 valence electrons. The predicted octanol–water partition coefficient (Wildman–Crippen LogP) is 3.46. The molecule has 0 fully saturated rings. The van der Waals surface area contributed by atoms with Crippen LogP contribution in [0.5, 0.6) is 0 Å². The summed E-state index contributed by atoms with van der Waals surface area (Å²) in [6.07, 6.45) is 30.6. The maximum atomic E-state index is 11.0. The average molecular weight is 1350 g/mol. The number of pyridine rings is 2. The van der Waals surface area contributed by atoms with E-state index in [9.17, 15) is 43.2 Å². The molecule has 100 heavy (non-hydrogen) atoms. The highest BCUT2D eigenvalue weighted by Gasteiger charge is 2.06. The van der Waals surface area contributed by atoms with Crippen LogP contribution in [0.3, 0.4) is 0 Å². The van der Waals surface area contributed by atoms with E-state index in [2.05, 4.69) is 110 Å². The maximum Gasteiger partial charge on any atom is 0.303 e. The van der Waals surface area contributed by atoms with E-state index in [1.54, 1.807) is 24.3 Å². The number of rotatable bonds is 0. The van der Waals surface area contributed by atoms with Gasteiger partial charge in [0, 0.05) is 67.5 Å². The molecule has 0 saturated heterocycles. The predicted molar refractivity (Wildman–Crippen MR) is 341 cm³/mol. The molecule has 0 radical (unpaired) electrons. The molecule has 0 saturated carbocycles. The molecule has 18 rings (SSSR count). The first-order chi connectivity index (χ1) is 48.4. The Morgan fingerprint density at radius 3 is 1.31 bits per heavy atom. The summed E-state index contributed by atoms with van der Waals surface area (Å²) < 4.78 is 44.0. The van der Waals surface area contributed by atoms with Gasteiger partial charge in [-0.3, -0.25) is 48.1 Å². The van der Waals surface area contributed by atoms with Crippen molar-refractivity contribution in [2.24, 2.45) is 0 Å². The van der Waals surface area contributed by atoms with E-state index in [0.717, 1.165) is 32.0 Å². The van der Waals surface area contributed by atoms with Crippen molar-refractivity contribution in [2.75, 3.05) is 0 Å². The fourth-order valence-electron chi connectivity index (χ4n) is 7.19. The van der Waals surface area contributed by atoms with Crippen LogP contribution in [0.15, 0.2) is 282 Å². The van der Waals surface area contributed by atoms with Crippen molar-refractivity contribution in [1.82, 2.24) is 110 Å². The Morgan fingerprint density at radius 1 is 0.250 bits per heavy atom. The molecule has 0 bridgehead atoms. The minimum absolute atomic E-state index is 0. The lowest BCUT2D eigenvalue weighted by atomic mass is 10.3. The lowest BCUT2D eigenvalue weighted by Crippen LogP contribution is -2.06. The molecular weight excluding hydrogens is 1320 g/mol. The largest absolute Gasteiger partial charge is 0.462 e. The molecule has 40 heteroatoms. The summed E-state index contributed by atoms with van der Waals surface area (Å²) in [4.78, 5) is 157. The summed E-state index contributed by atoms with van der Waals surface area (Å²) in [5.74, 6) is 0. The van der Waals surface area contributed by atoms with Crippen LogP contribution in [0.1, 0.15) is 7.43 Å². The number of hydrogen-bond acceptors (Lipinski definition) is 40. The standard InChI is InChI=1S/5C7H4N2O2.4C6H3N3O2.CH4/c10-5-1-4-11-7-6(5)8-2-3-9-7;10-5-2-4-11-6-1-3-8-9-7(5)6;10-5-1-2-11-6-3-8-4-9-7(5)6;10-7-5-1-2-8-3-6(5)11-4-9-7;10-7-6-5(11-4-9-7)2-1-3-8-6;10-6-5-4(11-3-9-6)1-7-2-8-5;10-5-4-6(11-3-9-5)8-2-1-7-4;10-4-1-2-11-6-5(4)7-3-8-9-6;10-5-4-1-2-8-9-6(4)11-3-7-5;/h5*1-4H;4*1-3H;1H4. The Balaban J connectivity index is 0.000000131. The van der Waals surface area contributed by atoms with Crippen LogP contribution >= 0.6 is 0 Å². The molecule has 40 nitrogen and oxygen atoms in total. The highest BCUT2D eigenvalue weighted by molar-refractivity contribution is 5.74. The van der Waals surface area contributed by atoms with Crippen LogP contribution < -0.4 is 49.5 Å². The highest BCUT2D eigenvalue weighted by Crippen LogP contribution is 2.08. The molecule has 0 aliphatic rings. The van der Waals surface area contributed by atoms with Gasteiger partial charge in [-0.25, -0.2) is 49.8 Å². The first-order valence-corrected chi connectivity index (χ1v) is 27.0. The van der Waals surface area contributed by atoms with Crippen molar-refractivity contribution >= 4 is 100 Å². The number of aromatic nitrogens is 22. The Morgan fingerprint density at radius 2 is 0.690 bits per heavy atom. The van der Waals surface area contributed by atoms with Gasteiger partial charge in [0.15, 0.2) is 98.5 Å². The monoisotopic (exact) mass is 1350 g/mol. The van der Waals surface area contributed by atoms with Crippen LogP contribution in [0, 0.1) is 0 Å². The van der Waals surface area contributed by atoms with E-state index in [0.29, 0.717) is 44.2 Å². The molecule has 0 N–H and O–H groups in total. The summed E-state index contributed by atoms with van der Waals surface area (Å²) in [6.45, 7) is 0. The third-order valence-corrected chi connectivity index (χ3v) is 11.5. The van der Waals surface area contributed by atoms with Gasteiger partial charge < -0.3 is 39.8 Å². The molecule has 0 unspecified atom stereocenters. The van der Waals surface area contributed by atoms with Gasteiger partial charge in [-0.2, -0.15) is 35.1 Å². The molecule has 0 amide bonds. The second-order valence-corrected chi connectivity index (χ2v) is 17.6. The average Bonchev–Trinajstić information content (AvgIpc) is 3.33. The molecule has 0 aromatic carbocycles. The van der Waals surface area contributed by atoms with Gasteiger partial charge in [-0.1, -0.05) is 7.43 Å². The molecule has 0 aliphatic heterocycles. The van der Waals surface area contributed by atoms with E-state index in [1.807, 2.05) is 0 Å².